The van der Waals surface area contributed by atoms with Gasteiger partial charge in [-0.2, -0.15) is 4.31 Å². The molecule has 0 aromatic heterocycles. The van der Waals surface area contributed by atoms with E-state index in [9.17, 15) is 17.2 Å². The number of rotatable bonds is 2. The van der Waals surface area contributed by atoms with Gasteiger partial charge in [-0.1, -0.05) is 0 Å². The highest BCUT2D eigenvalue weighted by molar-refractivity contribution is 7.89. The van der Waals surface area contributed by atoms with Crippen LogP contribution >= 0.6 is 0 Å². The van der Waals surface area contributed by atoms with E-state index < -0.39 is 21.7 Å². The van der Waals surface area contributed by atoms with Gasteiger partial charge in [-0.15, -0.1) is 0 Å². The Morgan fingerprint density at radius 3 is 2.14 bits per heavy atom. The molecule has 0 radical (unpaired) electrons. The summed E-state index contributed by atoms with van der Waals surface area (Å²) in [6.45, 7) is 4.76. The number of hydrogen-bond acceptors (Lipinski definition) is 2. The molecule has 0 atom stereocenters. The Kier molecular flexibility index (Phi) is 3.75. The van der Waals surface area contributed by atoms with Gasteiger partial charge in [-0.3, -0.25) is 0 Å². The first-order valence-electron chi connectivity index (χ1n) is 7.23. The molecule has 0 amide bonds. The van der Waals surface area contributed by atoms with Crippen LogP contribution in [0.3, 0.4) is 0 Å². The van der Waals surface area contributed by atoms with Gasteiger partial charge in [-0.25, -0.2) is 17.2 Å². The number of sulfonamides is 1. The third kappa shape index (κ3) is 2.69. The van der Waals surface area contributed by atoms with Crippen LogP contribution in [0.15, 0.2) is 23.1 Å². The smallest absolute Gasteiger partial charge is 0.243 e. The SMILES string of the molecule is O=S(=O)(c1ccc(F)c(F)c1)N1CC[N+]2(CCCC2)CC1. The third-order valence-corrected chi connectivity index (χ3v) is 6.59. The van der Waals surface area contributed by atoms with E-state index in [4.69, 9.17) is 0 Å². The van der Waals surface area contributed by atoms with Gasteiger partial charge in [0.15, 0.2) is 11.6 Å². The monoisotopic (exact) mass is 317 g/mol. The van der Waals surface area contributed by atoms with Crippen LogP contribution in [-0.2, 0) is 10.0 Å². The van der Waals surface area contributed by atoms with E-state index in [2.05, 4.69) is 0 Å². The molecule has 2 fully saturated rings. The minimum Gasteiger partial charge on any atom is -0.321 e. The van der Waals surface area contributed by atoms with Crippen molar-refractivity contribution in [2.24, 2.45) is 0 Å². The molecule has 2 aliphatic heterocycles. The lowest BCUT2D eigenvalue weighted by Crippen LogP contribution is -2.58. The number of hydrogen-bond donors (Lipinski definition) is 0. The van der Waals surface area contributed by atoms with E-state index in [1.807, 2.05) is 0 Å². The topological polar surface area (TPSA) is 37.4 Å². The lowest BCUT2D eigenvalue weighted by molar-refractivity contribution is -0.920. The highest BCUT2D eigenvalue weighted by Gasteiger charge is 2.39. The summed E-state index contributed by atoms with van der Waals surface area (Å²) in [7, 11) is -3.73. The molecule has 2 heterocycles. The van der Waals surface area contributed by atoms with Crippen molar-refractivity contribution in [3.8, 4) is 0 Å². The van der Waals surface area contributed by atoms with Crippen molar-refractivity contribution in [3.05, 3.63) is 29.8 Å². The zero-order valence-corrected chi connectivity index (χ0v) is 12.6. The molecule has 0 aliphatic carbocycles. The van der Waals surface area contributed by atoms with Gasteiger partial charge in [-0.05, 0) is 18.2 Å². The summed E-state index contributed by atoms with van der Waals surface area (Å²) in [6, 6.07) is 2.75. The van der Waals surface area contributed by atoms with E-state index in [-0.39, 0.29) is 4.90 Å². The standard InChI is InChI=1S/C14H19F2N2O2S/c15-13-4-3-12(11-14(13)16)21(19,20)17-5-9-18(10-6-17)7-1-2-8-18/h3-4,11H,1-2,5-10H2/q+1. The first-order chi connectivity index (χ1) is 9.93. The van der Waals surface area contributed by atoms with Crippen LogP contribution in [0.2, 0.25) is 0 Å². The first-order valence-corrected chi connectivity index (χ1v) is 8.67. The van der Waals surface area contributed by atoms with Crippen molar-refractivity contribution < 1.29 is 21.7 Å². The minimum absolute atomic E-state index is 0.170. The predicted molar refractivity (Wildman–Crippen MR) is 74.1 cm³/mol. The fourth-order valence-corrected chi connectivity index (χ4v) is 4.79. The van der Waals surface area contributed by atoms with Gasteiger partial charge in [0.05, 0.1) is 44.2 Å². The highest BCUT2D eigenvalue weighted by atomic mass is 32.2. The average Bonchev–Trinajstić information content (AvgIpc) is 2.90. The van der Waals surface area contributed by atoms with Gasteiger partial charge in [0.25, 0.3) is 0 Å². The van der Waals surface area contributed by atoms with Crippen molar-refractivity contribution in [2.75, 3.05) is 39.3 Å². The van der Waals surface area contributed by atoms with E-state index in [1.54, 1.807) is 0 Å². The van der Waals surface area contributed by atoms with Crippen LogP contribution in [0, 0.1) is 11.6 Å². The molecule has 2 saturated heterocycles. The number of benzene rings is 1. The second-order valence-corrected chi connectivity index (χ2v) is 7.86. The lowest BCUT2D eigenvalue weighted by Gasteiger charge is -2.41. The number of quaternary nitrogens is 1. The molecule has 0 unspecified atom stereocenters. The van der Waals surface area contributed by atoms with Gasteiger partial charge in [0.1, 0.15) is 0 Å². The molecule has 2 aliphatic rings. The molecule has 0 N–H and O–H groups in total. The average molecular weight is 317 g/mol. The summed E-state index contributed by atoms with van der Waals surface area (Å²) in [5, 5.41) is 0. The fourth-order valence-electron chi connectivity index (χ4n) is 3.35. The maximum atomic E-state index is 13.3. The number of piperazine rings is 1. The largest absolute Gasteiger partial charge is 0.321 e. The van der Waals surface area contributed by atoms with E-state index in [0.29, 0.717) is 13.1 Å². The molecule has 21 heavy (non-hydrogen) atoms. The molecule has 0 bridgehead atoms. The molecule has 0 saturated carbocycles. The van der Waals surface area contributed by atoms with Gasteiger partial charge in [0, 0.05) is 12.8 Å². The summed E-state index contributed by atoms with van der Waals surface area (Å²) in [6.07, 6.45) is 2.41. The highest BCUT2D eigenvalue weighted by Crippen LogP contribution is 2.25. The quantitative estimate of drug-likeness (QED) is 0.777. The van der Waals surface area contributed by atoms with Crippen LogP contribution in [0.5, 0.6) is 0 Å². The van der Waals surface area contributed by atoms with Gasteiger partial charge >= 0.3 is 0 Å². The first kappa shape index (κ1) is 14.9. The Labute approximate surface area is 123 Å². The Bertz CT molecular complexity index is 632. The van der Waals surface area contributed by atoms with Crippen LogP contribution in [-0.4, -0.2) is 56.5 Å². The molecular weight excluding hydrogens is 298 g/mol. The Hall–Kier alpha value is -1.05. The summed E-state index contributed by atoms with van der Waals surface area (Å²) >= 11 is 0. The Morgan fingerprint density at radius 2 is 1.57 bits per heavy atom. The van der Waals surface area contributed by atoms with E-state index in [0.717, 1.165) is 48.9 Å². The Balaban J connectivity index is 1.78. The molecule has 7 heteroatoms. The van der Waals surface area contributed by atoms with E-state index >= 15 is 0 Å². The van der Waals surface area contributed by atoms with Crippen molar-refractivity contribution in [1.82, 2.24) is 4.31 Å². The van der Waals surface area contributed by atoms with Crippen molar-refractivity contribution >= 4 is 10.0 Å². The van der Waals surface area contributed by atoms with Gasteiger partial charge < -0.3 is 4.48 Å². The van der Waals surface area contributed by atoms with Crippen LogP contribution in [0.25, 0.3) is 0 Å². The zero-order chi connectivity index (χ0) is 15.1. The normalized spacial score (nSPS) is 22.8. The summed E-state index contributed by atoms with van der Waals surface area (Å²) in [5.41, 5.74) is 0. The third-order valence-electron chi connectivity index (χ3n) is 4.69. The van der Waals surface area contributed by atoms with Crippen molar-refractivity contribution in [3.63, 3.8) is 0 Å². The lowest BCUT2D eigenvalue weighted by atomic mass is 10.3. The summed E-state index contributed by atoms with van der Waals surface area (Å²) < 4.78 is 53.6. The van der Waals surface area contributed by atoms with E-state index in [1.165, 1.54) is 17.1 Å². The number of halogens is 2. The second kappa shape index (κ2) is 5.30. The summed E-state index contributed by atoms with van der Waals surface area (Å²) in [4.78, 5) is -0.170. The maximum Gasteiger partial charge on any atom is 0.243 e. The molecule has 1 aromatic carbocycles. The Morgan fingerprint density at radius 1 is 0.952 bits per heavy atom. The maximum absolute atomic E-state index is 13.3. The van der Waals surface area contributed by atoms with Crippen molar-refractivity contribution in [1.29, 1.82) is 0 Å². The fraction of sp³-hybridized carbons (Fsp3) is 0.571. The van der Waals surface area contributed by atoms with Crippen LogP contribution < -0.4 is 0 Å². The minimum atomic E-state index is -3.73. The molecule has 1 spiro atoms. The van der Waals surface area contributed by atoms with Crippen molar-refractivity contribution in [2.45, 2.75) is 17.7 Å². The second-order valence-electron chi connectivity index (χ2n) is 5.92. The number of nitrogens with zero attached hydrogens (tertiary/aromatic N) is 2. The molecule has 4 nitrogen and oxygen atoms in total. The zero-order valence-electron chi connectivity index (χ0n) is 11.8. The molecular formula is C14H19F2N2O2S+. The predicted octanol–water partition coefficient (Wildman–Crippen LogP) is 1.58. The summed E-state index contributed by atoms with van der Waals surface area (Å²) in [5.74, 6) is -2.16. The molecule has 1 aromatic rings. The van der Waals surface area contributed by atoms with Gasteiger partial charge in [0.2, 0.25) is 10.0 Å². The molecule has 3 rings (SSSR count). The van der Waals surface area contributed by atoms with Crippen LogP contribution in [0.1, 0.15) is 12.8 Å². The molecule has 116 valence electrons. The van der Waals surface area contributed by atoms with Crippen LogP contribution in [0.4, 0.5) is 8.78 Å².